The van der Waals surface area contributed by atoms with Crippen molar-refractivity contribution in [3.8, 4) is 22.5 Å². The highest BCUT2D eigenvalue weighted by Crippen LogP contribution is 2.35. The zero-order valence-corrected chi connectivity index (χ0v) is 12.8. The molecule has 4 nitrogen and oxygen atoms in total. The summed E-state index contributed by atoms with van der Waals surface area (Å²) in [4.78, 5) is 7.78. The number of nitrogens with one attached hydrogen (secondary N) is 2. The number of H-pyrrole nitrogens is 1. The highest BCUT2D eigenvalue weighted by Gasteiger charge is 2.22. The van der Waals surface area contributed by atoms with Crippen LogP contribution >= 0.6 is 0 Å². The molecule has 23 heavy (non-hydrogen) atoms. The number of rotatable bonds is 3. The van der Waals surface area contributed by atoms with Crippen molar-refractivity contribution in [2.24, 2.45) is 0 Å². The van der Waals surface area contributed by atoms with Gasteiger partial charge in [0.25, 0.3) is 0 Å². The number of aromatic amines is 1. The van der Waals surface area contributed by atoms with E-state index in [4.69, 9.17) is 0 Å². The fourth-order valence-corrected chi connectivity index (χ4v) is 3.30. The summed E-state index contributed by atoms with van der Waals surface area (Å²) < 4.78 is 15.5. The standard InChI is InChI=1S/C18H19FN4/c19-15-3-1-13(2-4-15)17-18(14-5-8-21-11-14)23(12-22-17)16-6-9-20-10-7-16/h1-5,8,11-12,16,20-21H,6-7,9-10H2. The molecule has 0 unspecified atom stereocenters. The molecular formula is C18H19FN4. The van der Waals surface area contributed by atoms with E-state index in [1.54, 1.807) is 12.1 Å². The molecule has 1 fully saturated rings. The Kier molecular flexibility index (Phi) is 3.71. The maximum atomic E-state index is 13.2. The van der Waals surface area contributed by atoms with Crippen molar-refractivity contribution in [3.05, 3.63) is 54.9 Å². The molecule has 1 aliphatic heterocycles. The van der Waals surface area contributed by atoms with E-state index in [9.17, 15) is 4.39 Å². The number of imidazole rings is 1. The molecule has 0 spiro atoms. The lowest BCUT2D eigenvalue weighted by atomic mass is 10.0. The molecule has 5 heteroatoms. The zero-order chi connectivity index (χ0) is 15.6. The van der Waals surface area contributed by atoms with Crippen LogP contribution in [0.1, 0.15) is 18.9 Å². The molecule has 0 bridgehead atoms. The van der Waals surface area contributed by atoms with Gasteiger partial charge in [-0.1, -0.05) is 0 Å². The first kappa shape index (κ1) is 14.2. The predicted molar refractivity (Wildman–Crippen MR) is 88.5 cm³/mol. The Morgan fingerprint density at radius 1 is 1.04 bits per heavy atom. The van der Waals surface area contributed by atoms with E-state index in [1.165, 1.54) is 12.1 Å². The van der Waals surface area contributed by atoms with Gasteiger partial charge in [-0.05, 0) is 56.3 Å². The Morgan fingerprint density at radius 2 is 1.83 bits per heavy atom. The summed E-state index contributed by atoms with van der Waals surface area (Å²) in [7, 11) is 0. The minimum Gasteiger partial charge on any atom is -0.367 e. The Morgan fingerprint density at radius 3 is 2.52 bits per heavy atom. The van der Waals surface area contributed by atoms with Gasteiger partial charge in [0.15, 0.2) is 0 Å². The largest absolute Gasteiger partial charge is 0.367 e. The molecule has 3 aromatic rings. The lowest BCUT2D eigenvalue weighted by Gasteiger charge is -2.25. The third kappa shape index (κ3) is 2.68. The van der Waals surface area contributed by atoms with Crippen LogP contribution in [0, 0.1) is 5.82 Å². The first-order chi connectivity index (χ1) is 11.3. The van der Waals surface area contributed by atoms with Crippen LogP contribution in [0.4, 0.5) is 4.39 Å². The average Bonchev–Trinajstić information content (AvgIpc) is 3.25. The number of hydrogen-bond acceptors (Lipinski definition) is 2. The van der Waals surface area contributed by atoms with Crippen LogP contribution in [0.2, 0.25) is 0 Å². The molecule has 2 N–H and O–H groups in total. The summed E-state index contributed by atoms with van der Waals surface area (Å²) in [5, 5.41) is 3.40. The Bertz CT molecular complexity index is 768. The van der Waals surface area contributed by atoms with E-state index in [-0.39, 0.29) is 5.82 Å². The summed E-state index contributed by atoms with van der Waals surface area (Å²) in [6, 6.07) is 9.06. The number of aromatic nitrogens is 3. The van der Waals surface area contributed by atoms with Gasteiger partial charge in [0, 0.05) is 29.6 Å². The van der Waals surface area contributed by atoms with Gasteiger partial charge < -0.3 is 14.9 Å². The fraction of sp³-hybridized carbons (Fsp3) is 0.278. The van der Waals surface area contributed by atoms with Gasteiger partial charge in [0.05, 0.1) is 17.7 Å². The molecule has 1 aromatic carbocycles. The van der Waals surface area contributed by atoms with Gasteiger partial charge in [-0.15, -0.1) is 0 Å². The van der Waals surface area contributed by atoms with Gasteiger partial charge >= 0.3 is 0 Å². The molecule has 0 aliphatic carbocycles. The second kappa shape index (κ2) is 6.01. The van der Waals surface area contributed by atoms with Crippen LogP contribution in [-0.2, 0) is 0 Å². The van der Waals surface area contributed by atoms with Crippen molar-refractivity contribution < 1.29 is 4.39 Å². The number of hydrogen-bond donors (Lipinski definition) is 2. The monoisotopic (exact) mass is 310 g/mol. The smallest absolute Gasteiger partial charge is 0.123 e. The predicted octanol–water partition coefficient (Wildman–Crippen LogP) is 3.61. The SMILES string of the molecule is Fc1ccc(-c2ncn(C3CCNCC3)c2-c2cc[nH]c2)cc1. The van der Waals surface area contributed by atoms with Crippen molar-refractivity contribution in [1.82, 2.24) is 19.9 Å². The second-order valence-corrected chi connectivity index (χ2v) is 5.94. The van der Waals surface area contributed by atoms with E-state index in [2.05, 4.69) is 25.9 Å². The van der Waals surface area contributed by atoms with Crippen molar-refractivity contribution in [1.29, 1.82) is 0 Å². The van der Waals surface area contributed by atoms with Crippen molar-refractivity contribution in [2.75, 3.05) is 13.1 Å². The first-order valence-electron chi connectivity index (χ1n) is 7.99. The number of halogens is 1. The van der Waals surface area contributed by atoms with Crippen molar-refractivity contribution in [2.45, 2.75) is 18.9 Å². The normalized spacial score (nSPS) is 15.9. The van der Waals surface area contributed by atoms with Crippen molar-refractivity contribution in [3.63, 3.8) is 0 Å². The Labute approximate surface area is 134 Å². The molecule has 2 aromatic heterocycles. The minimum absolute atomic E-state index is 0.227. The van der Waals surface area contributed by atoms with E-state index >= 15 is 0 Å². The van der Waals surface area contributed by atoms with Crippen LogP contribution in [0.3, 0.4) is 0 Å². The molecule has 0 atom stereocenters. The van der Waals surface area contributed by atoms with E-state index in [0.29, 0.717) is 6.04 Å². The second-order valence-electron chi connectivity index (χ2n) is 5.94. The third-order valence-electron chi connectivity index (χ3n) is 4.48. The van der Waals surface area contributed by atoms with Crippen LogP contribution in [-0.4, -0.2) is 27.6 Å². The molecule has 118 valence electrons. The van der Waals surface area contributed by atoms with Crippen LogP contribution in [0.25, 0.3) is 22.5 Å². The highest BCUT2D eigenvalue weighted by atomic mass is 19.1. The number of benzene rings is 1. The molecule has 3 heterocycles. The molecule has 4 rings (SSSR count). The number of piperidine rings is 1. The zero-order valence-electron chi connectivity index (χ0n) is 12.8. The molecule has 0 amide bonds. The fourth-order valence-electron chi connectivity index (χ4n) is 3.30. The highest BCUT2D eigenvalue weighted by molar-refractivity contribution is 5.78. The summed E-state index contributed by atoms with van der Waals surface area (Å²) >= 11 is 0. The van der Waals surface area contributed by atoms with Crippen LogP contribution in [0.15, 0.2) is 49.1 Å². The van der Waals surface area contributed by atoms with Gasteiger partial charge in [-0.2, -0.15) is 0 Å². The maximum absolute atomic E-state index is 13.2. The summed E-state index contributed by atoms with van der Waals surface area (Å²) in [6.07, 6.45) is 8.02. The molecule has 1 saturated heterocycles. The summed E-state index contributed by atoms with van der Waals surface area (Å²) in [6.45, 7) is 2.06. The van der Waals surface area contributed by atoms with Gasteiger partial charge in [0.1, 0.15) is 5.82 Å². The quantitative estimate of drug-likeness (QED) is 0.776. The van der Waals surface area contributed by atoms with Crippen LogP contribution < -0.4 is 5.32 Å². The van der Waals surface area contributed by atoms with Gasteiger partial charge in [0.2, 0.25) is 0 Å². The van der Waals surface area contributed by atoms with E-state index < -0.39 is 0 Å². The summed E-state index contributed by atoms with van der Waals surface area (Å²) in [5.74, 6) is -0.227. The topological polar surface area (TPSA) is 45.6 Å². The molecule has 0 saturated carbocycles. The third-order valence-corrected chi connectivity index (χ3v) is 4.48. The Hall–Kier alpha value is -2.40. The molecule has 1 aliphatic rings. The summed E-state index contributed by atoms with van der Waals surface area (Å²) in [5.41, 5.74) is 4.06. The number of nitrogens with zero attached hydrogens (tertiary/aromatic N) is 2. The van der Waals surface area contributed by atoms with Crippen molar-refractivity contribution >= 4 is 0 Å². The molecule has 0 radical (unpaired) electrons. The Balaban J connectivity index is 1.83. The molecular weight excluding hydrogens is 291 g/mol. The van der Waals surface area contributed by atoms with Gasteiger partial charge in [-0.25, -0.2) is 9.37 Å². The van der Waals surface area contributed by atoms with E-state index in [0.717, 1.165) is 48.4 Å². The minimum atomic E-state index is -0.227. The lowest BCUT2D eigenvalue weighted by molar-refractivity contribution is 0.370. The first-order valence-corrected chi connectivity index (χ1v) is 7.99. The lowest BCUT2D eigenvalue weighted by Crippen LogP contribution is -2.29. The van der Waals surface area contributed by atoms with Gasteiger partial charge in [-0.3, -0.25) is 0 Å². The maximum Gasteiger partial charge on any atom is 0.123 e. The average molecular weight is 310 g/mol. The van der Waals surface area contributed by atoms with Crippen LogP contribution in [0.5, 0.6) is 0 Å². The van der Waals surface area contributed by atoms with E-state index in [1.807, 2.05) is 18.7 Å².